The van der Waals surface area contributed by atoms with Crippen molar-refractivity contribution in [3.63, 3.8) is 0 Å². The maximum Gasteiger partial charge on any atom is 0.339 e. The molecule has 2 aromatic rings. The Balaban J connectivity index is 1.92. The number of hydrogen-bond donors (Lipinski definition) is 1. The molecule has 6 heteroatoms. The molecule has 2 aromatic carbocycles. The lowest BCUT2D eigenvalue weighted by atomic mass is 10.1. The molecule has 0 fully saturated rings. The number of ether oxygens (including phenoxy) is 3. The highest BCUT2D eigenvalue weighted by Gasteiger charge is 2.20. The molecule has 6 nitrogen and oxygen atoms in total. The zero-order valence-corrected chi connectivity index (χ0v) is 17.4. The molecule has 1 amide bonds. The van der Waals surface area contributed by atoms with E-state index in [1.54, 1.807) is 25.1 Å². The van der Waals surface area contributed by atoms with Gasteiger partial charge in [0.15, 0.2) is 17.6 Å². The van der Waals surface area contributed by atoms with E-state index in [1.165, 1.54) is 7.11 Å². The third-order valence-electron chi connectivity index (χ3n) is 4.31. The van der Waals surface area contributed by atoms with Gasteiger partial charge in [-0.15, -0.1) is 0 Å². The molecular weight excluding hydrogens is 370 g/mol. The summed E-state index contributed by atoms with van der Waals surface area (Å²) in [7, 11) is 1.51. The highest BCUT2D eigenvalue weighted by molar-refractivity contribution is 5.92. The number of carbonyl (C=O) groups is 2. The molecule has 0 aliphatic rings. The van der Waals surface area contributed by atoms with Crippen LogP contribution >= 0.6 is 0 Å². The van der Waals surface area contributed by atoms with E-state index >= 15 is 0 Å². The average molecular weight is 399 g/mol. The topological polar surface area (TPSA) is 73.9 Å². The van der Waals surface area contributed by atoms with Crippen LogP contribution in [0, 0.1) is 5.92 Å². The highest BCUT2D eigenvalue weighted by Crippen LogP contribution is 2.28. The van der Waals surface area contributed by atoms with Crippen molar-refractivity contribution >= 4 is 11.9 Å². The molecule has 156 valence electrons. The van der Waals surface area contributed by atoms with Crippen LogP contribution in [0.3, 0.4) is 0 Å². The van der Waals surface area contributed by atoms with Gasteiger partial charge in [-0.25, -0.2) is 4.79 Å². The molecule has 0 bridgehead atoms. The Hall–Kier alpha value is -3.02. The van der Waals surface area contributed by atoms with Crippen molar-refractivity contribution in [1.29, 1.82) is 0 Å². The van der Waals surface area contributed by atoms with E-state index in [0.29, 0.717) is 36.1 Å². The van der Waals surface area contributed by atoms with Gasteiger partial charge in [-0.2, -0.15) is 0 Å². The van der Waals surface area contributed by atoms with Gasteiger partial charge in [0, 0.05) is 6.54 Å². The van der Waals surface area contributed by atoms with Gasteiger partial charge in [-0.05, 0) is 43.0 Å². The van der Waals surface area contributed by atoms with Crippen LogP contribution in [0.1, 0.15) is 43.1 Å². The van der Waals surface area contributed by atoms with Crippen molar-refractivity contribution in [2.24, 2.45) is 5.92 Å². The number of amides is 1. The van der Waals surface area contributed by atoms with E-state index in [0.717, 1.165) is 12.0 Å². The molecule has 0 spiro atoms. The molecule has 0 saturated heterocycles. The van der Waals surface area contributed by atoms with Gasteiger partial charge in [0.1, 0.15) is 0 Å². The summed E-state index contributed by atoms with van der Waals surface area (Å²) >= 11 is 0. The Bertz CT molecular complexity index is 804. The highest BCUT2D eigenvalue weighted by atomic mass is 16.5. The maximum absolute atomic E-state index is 12.4. The monoisotopic (exact) mass is 399 g/mol. The van der Waals surface area contributed by atoms with Crippen LogP contribution in [0.25, 0.3) is 0 Å². The third-order valence-corrected chi connectivity index (χ3v) is 4.31. The second-order valence-corrected chi connectivity index (χ2v) is 7.15. The lowest BCUT2D eigenvalue weighted by Crippen LogP contribution is -2.35. The van der Waals surface area contributed by atoms with Crippen molar-refractivity contribution in [3.8, 4) is 11.5 Å². The van der Waals surface area contributed by atoms with E-state index in [2.05, 4.69) is 19.2 Å². The van der Waals surface area contributed by atoms with E-state index in [9.17, 15) is 9.59 Å². The molecule has 29 heavy (non-hydrogen) atoms. The molecule has 0 saturated carbocycles. The van der Waals surface area contributed by atoms with Crippen molar-refractivity contribution in [2.75, 3.05) is 13.7 Å². The fourth-order valence-electron chi connectivity index (χ4n) is 2.53. The minimum Gasteiger partial charge on any atom is -0.493 e. The molecule has 0 aliphatic carbocycles. The molecule has 1 atom stereocenters. The Morgan fingerprint density at radius 3 is 2.38 bits per heavy atom. The molecular formula is C23H29NO5. The number of methoxy groups -OCH3 is 1. The summed E-state index contributed by atoms with van der Waals surface area (Å²) in [5.74, 6) is 0.592. The summed E-state index contributed by atoms with van der Waals surface area (Å²) in [5.41, 5.74) is 1.26. The van der Waals surface area contributed by atoms with Crippen LogP contribution in [0.15, 0.2) is 48.5 Å². The predicted octanol–water partition coefficient (Wildman–Crippen LogP) is 3.98. The van der Waals surface area contributed by atoms with Gasteiger partial charge in [0.2, 0.25) is 0 Å². The summed E-state index contributed by atoms with van der Waals surface area (Å²) in [6, 6.07) is 14.4. The number of hydrogen-bond acceptors (Lipinski definition) is 5. The van der Waals surface area contributed by atoms with Crippen LogP contribution in [-0.2, 0) is 16.1 Å². The van der Waals surface area contributed by atoms with E-state index in [1.807, 2.05) is 30.3 Å². The van der Waals surface area contributed by atoms with Crippen LogP contribution in [0.4, 0.5) is 0 Å². The lowest BCUT2D eigenvalue weighted by molar-refractivity contribution is -0.129. The second-order valence-electron chi connectivity index (χ2n) is 7.15. The molecule has 1 N–H and O–H groups in total. The maximum atomic E-state index is 12.4. The molecule has 0 radical (unpaired) electrons. The van der Waals surface area contributed by atoms with Gasteiger partial charge in [0.05, 0.1) is 19.3 Å². The SMILES string of the molecule is COc1cc(C(=O)OC(C)C(=O)NCc2ccccc2)ccc1OCCC(C)C. The Kier molecular flexibility index (Phi) is 8.52. The van der Waals surface area contributed by atoms with Crippen LogP contribution < -0.4 is 14.8 Å². The zero-order chi connectivity index (χ0) is 21.2. The first kappa shape index (κ1) is 22.3. The van der Waals surface area contributed by atoms with E-state index in [-0.39, 0.29) is 5.91 Å². The predicted molar refractivity (Wildman–Crippen MR) is 111 cm³/mol. The lowest BCUT2D eigenvalue weighted by Gasteiger charge is -2.15. The van der Waals surface area contributed by atoms with E-state index in [4.69, 9.17) is 14.2 Å². The largest absolute Gasteiger partial charge is 0.493 e. The Morgan fingerprint density at radius 2 is 1.72 bits per heavy atom. The number of esters is 1. The second kappa shape index (κ2) is 11.1. The number of carbonyl (C=O) groups excluding carboxylic acids is 2. The summed E-state index contributed by atoms with van der Waals surface area (Å²) in [4.78, 5) is 24.6. The zero-order valence-electron chi connectivity index (χ0n) is 17.4. The van der Waals surface area contributed by atoms with Crippen molar-refractivity contribution in [3.05, 3.63) is 59.7 Å². The Labute approximate surface area is 172 Å². The minimum atomic E-state index is -0.917. The van der Waals surface area contributed by atoms with Crippen molar-refractivity contribution in [2.45, 2.75) is 39.8 Å². The van der Waals surface area contributed by atoms with Crippen LogP contribution in [0.5, 0.6) is 11.5 Å². The van der Waals surface area contributed by atoms with Crippen molar-refractivity contribution < 1.29 is 23.8 Å². The first-order valence-corrected chi connectivity index (χ1v) is 9.74. The fraction of sp³-hybridized carbons (Fsp3) is 0.391. The molecule has 0 aliphatic heterocycles. The third kappa shape index (κ3) is 7.14. The quantitative estimate of drug-likeness (QED) is 0.612. The number of rotatable bonds is 10. The summed E-state index contributed by atoms with van der Waals surface area (Å²) < 4.78 is 16.3. The smallest absolute Gasteiger partial charge is 0.339 e. The van der Waals surface area contributed by atoms with Gasteiger partial charge in [-0.3, -0.25) is 4.79 Å². The van der Waals surface area contributed by atoms with Gasteiger partial charge in [-0.1, -0.05) is 44.2 Å². The van der Waals surface area contributed by atoms with E-state index < -0.39 is 12.1 Å². The standard InChI is InChI=1S/C23H29NO5/c1-16(2)12-13-28-20-11-10-19(14-21(20)27-4)23(26)29-17(3)22(25)24-15-18-8-6-5-7-9-18/h5-11,14,16-17H,12-13,15H2,1-4H3,(H,24,25). The first-order chi connectivity index (χ1) is 13.9. The normalized spacial score (nSPS) is 11.6. The average Bonchev–Trinajstić information content (AvgIpc) is 2.72. The first-order valence-electron chi connectivity index (χ1n) is 9.74. The summed E-state index contributed by atoms with van der Waals surface area (Å²) in [6.45, 7) is 6.72. The fourth-order valence-corrected chi connectivity index (χ4v) is 2.53. The van der Waals surface area contributed by atoms with Gasteiger partial charge < -0.3 is 19.5 Å². The molecule has 0 aromatic heterocycles. The van der Waals surface area contributed by atoms with Crippen molar-refractivity contribution in [1.82, 2.24) is 5.32 Å². The van der Waals surface area contributed by atoms with Gasteiger partial charge >= 0.3 is 5.97 Å². The number of benzene rings is 2. The Morgan fingerprint density at radius 1 is 1.00 bits per heavy atom. The number of nitrogens with one attached hydrogen (secondary N) is 1. The minimum absolute atomic E-state index is 0.292. The summed E-state index contributed by atoms with van der Waals surface area (Å²) in [5, 5.41) is 2.76. The van der Waals surface area contributed by atoms with Crippen LogP contribution in [0.2, 0.25) is 0 Å². The molecule has 0 heterocycles. The molecule has 1 unspecified atom stereocenters. The van der Waals surface area contributed by atoms with Gasteiger partial charge in [0.25, 0.3) is 5.91 Å². The summed E-state index contributed by atoms with van der Waals surface area (Å²) in [6.07, 6.45) is 0.00177. The van der Waals surface area contributed by atoms with Crippen LogP contribution in [-0.4, -0.2) is 31.7 Å². The molecule has 2 rings (SSSR count).